The standard InChI is InChI=1S/C9H19N.C2H6/c1-8(2)7-9(3,4)10(5)6;1-2/h1,7H2,2-6H3;1-2H3. The molecule has 0 saturated heterocycles. The van der Waals surface area contributed by atoms with E-state index in [0.717, 1.165) is 6.42 Å². The van der Waals surface area contributed by atoms with Crippen molar-refractivity contribution in [2.24, 2.45) is 0 Å². The van der Waals surface area contributed by atoms with E-state index in [4.69, 9.17) is 0 Å². The van der Waals surface area contributed by atoms with Crippen LogP contribution in [0.1, 0.15) is 41.0 Å². The molecule has 12 heavy (non-hydrogen) atoms. The lowest BCUT2D eigenvalue weighted by Crippen LogP contribution is -2.38. The second kappa shape index (κ2) is 6.24. The molecule has 0 rings (SSSR count). The maximum atomic E-state index is 3.90. The van der Waals surface area contributed by atoms with Gasteiger partial charge < -0.3 is 4.90 Å². The Kier molecular flexibility index (Phi) is 7.41. The van der Waals surface area contributed by atoms with Crippen molar-refractivity contribution in [3.63, 3.8) is 0 Å². The molecule has 74 valence electrons. The Bertz CT molecular complexity index is 123. The monoisotopic (exact) mass is 171 g/mol. The van der Waals surface area contributed by atoms with E-state index in [1.807, 2.05) is 13.8 Å². The van der Waals surface area contributed by atoms with Gasteiger partial charge in [-0.15, -0.1) is 6.58 Å². The third kappa shape index (κ3) is 6.41. The molecule has 0 amide bonds. The molecular formula is C11H25N. The van der Waals surface area contributed by atoms with Crippen LogP contribution in [-0.4, -0.2) is 24.5 Å². The molecule has 0 spiro atoms. The Hall–Kier alpha value is -0.300. The minimum absolute atomic E-state index is 0.256. The molecule has 0 atom stereocenters. The molecule has 0 aromatic rings. The van der Waals surface area contributed by atoms with Crippen LogP contribution in [0.15, 0.2) is 12.2 Å². The molecule has 0 heterocycles. The normalized spacial score (nSPS) is 10.7. The first-order valence-corrected chi connectivity index (χ1v) is 4.68. The minimum atomic E-state index is 0.256. The van der Waals surface area contributed by atoms with Crippen LogP contribution < -0.4 is 0 Å². The smallest absolute Gasteiger partial charge is 0.0184 e. The Morgan fingerprint density at radius 2 is 1.58 bits per heavy atom. The van der Waals surface area contributed by atoms with Crippen molar-refractivity contribution in [3.8, 4) is 0 Å². The van der Waals surface area contributed by atoms with Crippen LogP contribution in [0.5, 0.6) is 0 Å². The van der Waals surface area contributed by atoms with Crippen molar-refractivity contribution in [1.82, 2.24) is 4.90 Å². The van der Waals surface area contributed by atoms with Gasteiger partial charge in [-0.1, -0.05) is 19.4 Å². The van der Waals surface area contributed by atoms with Gasteiger partial charge in [-0.3, -0.25) is 0 Å². The van der Waals surface area contributed by atoms with E-state index in [1.165, 1.54) is 5.57 Å². The number of nitrogens with zero attached hydrogens (tertiary/aromatic N) is 1. The highest BCUT2D eigenvalue weighted by Crippen LogP contribution is 2.18. The molecule has 0 N–H and O–H groups in total. The largest absolute Gasteiger partial charge is 0.304 e. The molecule has 1 nitrogen and oxygen atoms in total. The number of rotatable bonds is 3. The molecule has 0 aromatic carbocycles. The van der Waals surface area contributed by atoms with E-state index in [9.17, 15) is 0 Å². The third-order valence-electron chi connectivity index (χ3n) is 1.95. The van der Waals surface area contributed by atoms with E-state index in [0.29, 0.717) is 0 Å². The summed E-state index contributed by atoms with van der Waals surface area (Å²) in [6.45, 7) is 14.4. The Morgan fingerprint density at radius 1 is 1.25 bits per heavy atom. The van der Waals surface area contributed by atoms with Crippen LogP contribution in [0.3, 0.4) is 0 Å². The van der Waals surface area contributed by atoms with Gasteiger partial charge in [0.1, 0.15) is 0 Å². The summed E-state index contributed by atoms with van der Waals surface area (Å²) in [6, 6.07) is 0. The first kappa shape index (κ1) is 14.2. The summed E-state index contributed by atoms with van der Waals surface area (Å²) in [6.07, 6.45) is 1.07. The van der Waals surface area contributed by atoms with Crippen LogP contribution in [0.2, 0.25) is 0 Å². The summed E-state index contributed by atoms with van der Waals surface area (Å²) in [4.78, 5) is 2.22. The summed E-state index contributed by atoms with van der Waals surface area (Å²) in [5, 5.41) is 0. The lowest BCUT2D eigenvalue weighted by molar-refractivity contribution is 0.195. The van der Waals surface area contributed by atoms with Gasteiger partial charge in [-0.25, -0.2) is 0 Å². The predicted octanol–water partition coefficient (Wildman–Crippen LogP) is 3.32. The van der Waals surface area contributed by atoms with Crippen LogP contribution in [0.4, 0.5) is 0 Å². The Balaban J connectivity index is 0. The zero-order valence-corrected chi connectivity index (χ0v) is 9.86. The molecule has 0 aliphatic rings. The number of hydrogen-bond acceptors (Lipinski definition) is 1. The quantitative estimate of drug-likeness (QED) is 0.589. The molecule has 0 aromatic heterocycles. The van der Waals surface area contributed by atoms with E-state index in [1.54, 1.807) is 0 Å². The summed E-state index contributed by atoms with van der Waals surface area (Å²) < 4.78 is 0. The van der Waals surface area contributed by atoms with Crippen molar-refractivity contribution < 1.29 is 0 Å². The van der Waals surface area contributed by atoms with E-state index < -0.39 is 0 Å². The average Bonchev–Trinajstić information content (AvgIpc) is 1.89. The fourth-order valence-corrected chi connectivity index (χ4v) is 0.897. The van der Waals surface area contributed by atoms with Crippen LogP contribution in [0.25, 0.3) is 0 Å². The second-order valence-corrected chi connectivity index (χ2v) is 3.84. The van der Waals surface area contributed by atoms with Gasteiger partial charge in [0.15, 0.2) is 0 Å². The zero-order chi connectivity index (χ0) is 10.4. The molecule has 0 fully saturated rings. The minimum Gasteiger partial charge on any atom is -0.304 e. The van der Waals surface area contributed by atoms with Gasteiger partial charge in [0.2, 0.25) is 0 Å². The fourth-order valence-electron chi connectivity index (χ4n) is 0.897. The summed E-state index contributed by atoms with van der Waals surface area (Å²) in [5.41, 5.74) is 1.50. The van der Waals surface area contributed by atoms with E-state index in [-0.39, 0.29) is 5.54 Å². The van der Waals surface area contributed by atoms with Gasteiger partial charge in [-0.05, 0) is 41.3 Å². The van der Waals surface area contributed by atoms with Crippen molar-refractivity contribution >= 4 is 0 Å². The maximum absolute atomic E-state index is 3.90. The fraction of sp³-hybridized carbons (Fsp3) is 0.818. The van der Waals surface area contributed by atoms with Crippen LogP contribution in [0, 0.1) is 0 Å². The Morgan fingerprint density at radius 3 is 1.67 bits per heavy atom. The van der Waals surface area contributed by atoms with Gasteiger partial charge in [0.25, 0.3) is 0 Å². The van der Waals surface area contributed by atoms with Gasteiger partial charge in [-0.2, -0.15) is 0 Å². The van der Waals surface area contributed by atoms with Crippen molar-refractivity contribution in [2.75, 3.05) is 14.1 Å². The highest BCUT2D eigenvalue weighted by molar-refractivity contribution is 4.97. The van der Waals surface area contributed by atoms with Gasteiger partial charge in [0, 0.05) is 5.54 Å². The van der Waals surface area contributed by atoms with Crippen LogP contribution in [-0.2, 0) is 0 Å². The molecule has 0 bridgehead atoms. The molecule has 0 aliphatic heterocycles. The first-order valence-electron chi connectivity index (χ1n) is 4.68. The summed E-state index contributed by atoms with van der Waals surface area (Å²) in [7, 11) is 4.20. The number of hydrogen-bond donors (Lipinski definition) is 0. The van der Waals surface area contributed by atoms with Gasteiger partial charge >= 0.3 is 0 Å². The maximum Gasteiger partial charge on any atom is 0.0184 e. The topological polar surface area (TPSA) is 3.24 Å². The highest BCUT2D eigenvalue weighted by atomic mass is 15.1. The van der Waals surface area contributed by atoms with Crippen molar-refractivity contribution in [2.45, 2.75) is 46.6 Å². The summed E-state index contributed by atoms with van der Waals surface area (Å²) >= 11 is 0. The second-order valence-electron chi connectivity index (χ2n) is 3.84. The van der Waals surface area contributed by atoms with E-state index >= 15 is 0 Å². The van der Waals surface area contributed by atoms with Crippen LogP contribution >= 0.6 is 0 Å². The highest BCUT2D eigenvalue weighted by Gasteiger charge is 2.19. The van der Waals surface area contributed by atoms with Crippen molar-refractivity contribution in [1.29, 1.82) is 0 Å². The molecular weight excluding hydrogens is 146 g/mol. The lowest BCUT2D eigenvalue weighted by atomic mass is 9.95. The predicted molar refractivity (Wildman–Crippen MR) is 58.5 cm³/mol. The third-order valence-corrected chi connectivity index (χ3v) is 1.95. The lowest BCUT2D eigenvalue weighted by Gasteiger charge is -2.32. The zero-order valence-electron chi connectivity index (χ0n) is 9.86. The van der Waals surface area contributed by atoms with Gasteiger partial charge in [0.05, 0.1) is 0 Å². The molecule has 0 radical (unpaired) electrons. The molecule has 0 unspecified atom stereocenters. The molecule has 1 heteroatoms. The Labute approximate surface area is 78.5 Å². The first-order chi connectivity index (χ1) is 5.36. The SMILES string of the molecule is C=C(C)CC(C)(C)N(C)C.CC. The summed E-state index contributed by atoms with van der Waals surface area (Å²) in [5.74, 6) is 0. The average molecular weight is 171 g/mol. The molecule has 0 aliphatic carbocycles. The van der Waals surface area contributed by atoms with Crippen molar-refractivity contribution in [3.05, 3.63) is 12.2 Å². The van der Waals surface area contributed by atoms with E-state index in [2.05, 4.69) is 46.3 Å². The molecule has 0 saturated carbocycles.